The lowest BCUT2D eigenvalue weighted by Crippen LogP contribution is -2.34. The van der Waals surface area contributed by atoms with Crippen LogP contribution in [0.25, 0.3) is 0 Å². The largest absolute Gasteiger partial charge is 0.349 e. The number of carbonyl (C=O) groups excluding carboxylic acids is 2. The van der Waals surface area contributed by atoms with Crippen LogP contribution < -0.4 is 5.32 Å². The summed E-state index contributed by atoms with van der Waals surface area (Å²) in [5.74, 6) is 0.246. The minimum atomic E-state index is 0.0512. The van der Waals surface area contributed by atoms with E-state index in [0.29, 0.717) is 19.0 Å². The highest BCUT2D eigenvalue weighted by Gasteiger charge is 2.27. The highest BCUT2D eigenvalue weighted by Crippen LogP contribution is 2.29. The molecule has 1 fully saturated rings. The summed E-state index contributed by atoms with van der Waals surface area (Å²) in [5, 5.41) is 3.02. The van der Waals surface area contributed by atoms with Gasteiger partial charge in [0.2, 0.25) is 5.91 Å². The van der Waals surface area contributed by atoms with Crippen molar-refractivity contribution in [1.82, 2.24) is 10.2 Å². The second-order valence-electron chi connectivity index (χ2n) is 5.23. The Morgan fingerprint density at radius 2 is 2.26 bits per heavy atom. The van der Waals surface area contributed by atoms with E-state index in [0.717, 1.165) is 36.2 Å². The van der Waals surface area contributed by atoms with E-state index in [9.17, 15) is 9.59 Å². The fraction of sp³-hybridized carbons (Fsp3) is 0.571. The van der Waals surface area contributed by atoms with Crippen molar-refractivity contribution < 1.29 is 9.59 Å². The number of nitrogens with zero attached hydrogens (tertiary/aromatic N) is 1. The van der Waals surface area contributed by atoms with Gasteiger partial charge >= 0.3 is 0 Å². The maximum atomic E-state index is 12.0. The van der Waals surface area contributed by atoms with Gasteiger partial charge in [0.05, 0.1) is 4.88 Å². The number of hydrogen-bond acceptors (Lipinski definition) is 3. The summed E-state index contributed by atoms with van der Waals surface area (Å²) >= 11 is 1.58. The molecule has 3 rings (SSSR count). The molecule has 4 nitrogen and oxygen atoms in total. The van der Waals surface area contributed by atoms with Crippen molar-refractivity contribution in [3.63, 3.8) is 0 Å². The Kier molecular flexibility index (Phi) is 3.31. The monoisotopic (exact) mass is 278 g/mol. The van der Waals surface area contributed by atoms with Crippen LogP contribution in [-0.4, -0.2) is 29.3 Å². The number of hydrogen-bond donors (Lipinski definition) is 1. The third-order valence-corrected chi connectivity index (χ3v) is 4.89. The lowest BCUT2D eigenvalue weighted by molar-refractivity contribution is -0.131. The fourth-order valence-electron chi connectivity index (χ4n) is 2.37. The summed E-state index contributed by atoms with van der Waals surface area (Å²) in [6, 6.07) is 2.36. The van der Waals surface area contributed by atoms with Gasteiger partial charge < -0.3 is 10.2 Å². The van der Waals surface area contributed by atoms with E-state index >= 15 is 0 Å². The second-order valence-corrected chi connectivity index (χ2v) is 6.36. The van der Waals surface area contributed by atoms with E-state index in [4.69, 9.17) is 0 Å². The predicted molar refractivity (Wildman–Crippen MR) is 74.2 cm³/mol. The first-order valence-corrected chi connectivity index (χ1v) is 7.69. The summed E-state index contributed by atoms with van der Waals surface area (Å²) in [6.07, 6.45) is 3.64. The number of thiophene rings is 1. The van der Waals surface area contributed by atoms with E-state index in [1.807, 2.05) is 17.9 Å². The molecule has 2 amide bonds. The van der Waals surface area contributed by atoms with Crippen molar-refractivity contribution in [3.8, 4) is 0 Å². The van der Waals surface area contributed by atoms with Gasteiger partial charge in [0.25, 0.3) is 5.91 Å². The molecule has 19 heavy (non-hydrogen) atoms. The molecule has 1 saturated carbocycles. The third-order valence-electron chi connectivity index (χ3n) is 3.66. The lowest BCUT2D eigenvalue weighted by Gasteiger charge is -2.26. The summed E-state index contributed by atoms with van der Waals surface area (Å²) in [4.78, 5) is 27.7. The maximum Gasteiger partial charge on any atom is 0.261 e. The van der Waals surface area contributed by atoms with Crippen molar-refractivity contribution in [3.05, 3.63) is 21.4 Å². The molecule has 1 aliphatic carbocycles. The van der Waals surface area contributed by atoms with E-state index in [2.05, 4.69) is 5.32 Å². The summed E-state index contributed by atoms with van der Waals surface area (Å²) in [5.41, 5.74) is 1.15. The average molecular weight is 278 g/mol. The standard InChI is InChI=1S/C14H18N2O2S/c1-2-13(17)16-6-5-11-9(8-16)7-12(19-11)14(18)15-10-3-4-10/h7,10H,2-6,8H2,1H3,(H,15,18). The van der Waals surface area contributed by atoms with Crippen LogP contribution >= 0.6 is 11.3 Å². The first kappa shape index (κ1) is 12.7. The highest BCUT2D eigenvalue weighted by molar-refractivity contribution is 7.14. The molecule has 2 heterocycles. The van der Waals surface area contributed by atoms with E-state index in [1.165, 1.54) is 4.88 Å². The average Bonchev–Trinajstić information content (AvgIpc) is 3.12. The van der Waals surface area contributed by atoms with E-state index in [1.54, 1.807) is 11.3 Å². The van der Waals surface area contributed by atoms with Gasteiger partial charge in [-0.3, -0.25) is 9.59 Å². The Hall–Kier alpha value is -1.36. The molecule has 1 aliphatic heterocycles. The highest BCUT2D eigenvalue weighted by atomic mass is 32.1. The molecule has 2 aliphatic rings. The summed E-state index contributed by atoms with van der Waals surface area (Å²) in [7, 11) is 0. The number of nitrogens with one attached hydrogen (secondary N) is 1. The Bertz CT molecular complexity index is 520. The zero-order valence-corrected chi connectivity index (χ0v) is 11.9. The molecule has 0 radical (unpaired) electrons. The third kappa shape index (κ3) is 2.66. The topological polar surface area (TPSA) is 49.4 Å². The normalized spacial score (nSPS) is 18.1. The van der Waals surface area contributed by atoms with Crippen LogP contribution in [0.5, 0.6) is 0 Å². The Morgan fingerprint density at radius 3 is 2.95 bits per heavy atom. The van der Waals surface area contributed by atoms with Crippen LogP contribution in [0.2, 0.25) is 0 Å². The number of carbonyl (C=O) groups is 2. The van der Waals surface area contributed by atoms with Gasteiger partial charge in [-0.1, -0.05) is 6.92 Å². The summed E-state index contributed by atoms with van der Waals surface area (Å²) in [6.45, 7) is 3.33. The first-order chi connectivity index (χ1) is 9.17. The first-order valence-electron chi connectivity index (χ1n) is 6.87. The van der Waals surface area contributed by atoms with Crippen molar-refractivity contribution >= 4 is 23.2 Å². The molecule has 1 aromatic heterocycles. The van der Waals surface area contributed by atoms with Crippen molar-refractivity contribution in [2.24, 2.45) is 0 Å². The molecule has 0 saturated heterocycles. The van der Waals surface area contributed by atoms with Crippen LogP contribution in [0, 0.1) is 0 Å². The number of rotatable bonds is 3. The van der Waals surface area contributed by atoms with Crippen LogP contribution in [0.1, 0.15) is 46.3 Å². The van der Waals surface area contributed by atoms with Crippen LogP contribution in [0.15, 0.2) is 6.07 Å². The Balaban J connectivity index is 1.72. The minimum absolute atomic E-state index is 0.0512. The zero-order chi connectivity index (χ0) is 13.4. The fourth-order valence-corrected chi connectivity index (χ4v) is 3.43. The SMILES string of the molecule is CCC(=O)N1CCc2sc(C(=O)NC3CC3)cc2C1. The van der Waals surface area contributed by atoms with Gasteiger partial charge in [-0.05, 0) is 30.9 Å². The molecule has 0 spiro atoms. The van der Waals surface area contributed by atoms with Crippen molar-refractivity contribution in [1.29, 1.82) is 0 Å². The van der Waals surface area contributed by atoms with Gasteiger partial charge in [0, 0.05) is 30.4 Å². The molecule has 1 aromatic rings. The van der Waals surface area contributed by atoms with Gasteiger partial charge in [-0.25, -0.2) is 0 Å². The Labute approximate surface area is 116 Å². The van der Waals surface area contributed by atoms with Crippen molar-refractivity contribution in [2.75, 3.05) is 6.54 Å². The van der Waals surface area contributed by atoms with Gasteiger partial charge in [0.1, 0.15) is 0 Å². The molecular weight excluding hydrogens is 260 g/mol. The van der Waals surface area contributed by atoms with E-state index < -0.39 is 0 Å². The van der Waals surface area contributed by atoms with E-state index in [-0.39, 0.29) is 11.8 Å². The molecule has 1 N–H and O–H groups in total. The molecule has 0 aromatic carbocycles. The molecule has 5 heteroatoms. The zero-order valence-electron chi connectivity index (χ0n) is 11.1. The van der Waals surface area contributed by atoms with Crippen LogP contribution in [0.3, 0.4) is 0 Å². The van der Waals surface area contributed by atoms with Gasteiger partial charge in [-0.15, -0.1) is 11.3 Å². The second kappa shape index (κ2) is 4.96. The minimum Gasteiger partial charge on any atom is -0.349 e. The number of amides is 2. The summed E-state index contributed by atoms with van der Waals surface area (Å²) < 4.78 is 0. The number of fused-ring (bicyclic) bond motifs is 1. The quantitative estimate of drug-likeness (QED) is 0.918. The molecule has 0 bridgehead atoms. The Morgan fingerprint density at radius 1 is 1.47 bits per heavy atom. The van der Waals surface area contributed by atoms with Crippen LogP contribution in [-0.2, 0) is 17.8 Å². The predicted octanol–water partition coefficient (Wildman–Crippen LogP) is 1.94. The lowest BCUT2D eigenvalue weighted by atomic mass is 10.1. The molecule has 0 unspecified atom stereocenters. The maximum absolute atomic E-state index is 12.0. The van der Waals surface area contributed by atoms with Gasteiger partial charge in [-0.2, -0.15) is 0 Å². The van der Waals surface area contributed by atoms with Gasteiger partial charge in [0.15, 0.2) is 0 Å². The molecule has 102 valence electrons. The molecule has 0 atom stereocenters. The van der Waals surface area contributed by atoms with Crippen LogP contribution in [0.4, 0.5) is 0 Å². The van der Waals surface area contributed by atoms with Crippen molar-refractivity contribution in [2.45, 2.75) is 45.2 Å². The smallest absolute Gasteiger partial charge is 0.261 e. The molecular formula is C14H18N2O2S.